The van der Waals surface area contributed by atoms with Gasteiger partial charge in [-0.05, 0) is 36.7 Å². The Morgan fingerprint density at radius 3 is 2.56 bits per heavy atom. The molecule has 1 fully saturated rings. The number of piperazine rings is 1. The van der Waals surface area contributed by atoms with Gasteiger partial charge in [0, 0.05) is 50.2 Å². The number of carbonyl (C=O) groups is 2. The Labute approximate surface area is 159 Å². The van der Waals surface area contributed by atoms with Crippen LogP contribution >= 0.6 is 0 Å². The fourth-order valence-corrected chi connectivity index (χ4v) is 3.81. The minimum atomic E-state index is -0.0952. The second-order valence-electron chi connectivity index (χ2n) is 6.99. The molecule has 6 nitrogen and oxygen atoms in total. The van der Waals surface area contributed by atoms with Gasteiger partial charge in [-0.3, -0.25) is 14.6 Å². The number of aromatic nitrogens is 1. The first-order valence-corrected chi connectivity index (χ1v) is 9.55. The number of likely N-dealkylation sites (N-methyl/N-ethyl adjacent to an activating group) is 1. The molecule has 0 radical (unpaired) electrons. The number of benzene rings is 1. The van der Waals surface area contributed by atoms with Crippen LogP contribution in [0.5, 0.6) is 0 Å². The number of para-hydroxylation sites is 1. The number of hydrogen-bond donors (Lipinski definition) is 0. The molecule has 2 aliphatic rings. The van der Waals surface area contributed by atoms with Crippen molar-refractivity contribution < 1.29 is 9.59 Å². The van der Waals surface area contributed by atoms with Crippen LogP contribution < -0.4 is 4.90 Å². The Morgan fingerprint density at radius 1 is 1.00 bits per heavy atom. The zero-order valence-corrected chi connectivity index (χ0v) is 15.6. The maximum atomic E-state index is 13.0. The van der Waals surface area contributed by atoms with Gasteiger partial charge in [0.2, 0.25) is 0 Å². The van der Waals surface area contributed by atoms with Crippen molar-refractivity contribution in [2.45, 2.75) is 13.3 Å². The SMILES string of the molecule is CCN1CCN(C(=O)c2cc(C(=O)N3CCc4ccccc43)ccn2)CC1. The zero-order valence-electron chi connectivity index (χ0n) is 15.6. The van der Waals surface area contributed by atoms with Gasteiger partial charge in [0.15, 0.2) is 0 Å². The Bertz CT molecular complexity index is 859. The lowest BCUT2D eigenvalue weighted by molar-refractivity contribution is 0.0637. The second kappa shape index (κ2) is 7.48. The van der Waals surface area contributed by atoms with Gasteiger partial charge in [0.05, 0.1) is 0 Å². The molecule has 1 aromatic heterocycles. The lowest BCUT2D eigenvalue weighted by Gasteiger charge is -2.33. The molecular formula is C21H24N4O2. The van der Waals surface area contributed by atoms with E-state index in [9.17, 15) is 9.59 Å². The van der Waals surface area contributed by atoms with E-state index in [1.807, 2.05) is 23.1 Å². The summed E-state index contributed by atoms with van der Waals surface area (Å²) in [5.74, 6) is -0.172. The molecule has 2 aromatic rings. The average Bonchev–Trinajstić information content (AvgIpc) is 3.17. The molecule has 6 heteroatoms. The lowest BCUT2D eigenvalue weighted by atomic mass is 10.1. The molecule has 0 saturated carbocycles. The average molecular weight is 364 g/mol. The van der Waals surface area contributed by atoms with Crippen molar-refractivity contribution in [1.29, 1.82) is 0 Å². The number of nitrogens with zero attached hydrogens (tertiary/aromatic N) is 4. The van der Waals surface area contributed by atoms with Crippen molar-refractivity contribution >= 4 is 17.5 Å². The third-order valence-corrected chi connectivity index (χ3v) is 5.47. The van der Waals surface area contributed by atoms with Gasteiger partial charge in [0.25, 0.3) is 11.8 Å². The number of hydrogen-bond acceptors (Lipinski definition) is 4. The highest BCUT2D eigenvalue weighted by Gasteiger charge is 2.27. The van der Waals surface area contributed by atoms with Gasteiger partial charge >= 0.3 is 0 Å². The van der Waals surface area contributed by atoms with Crippen molar-refractivity contribution in [3.8, 4) is 0 Å². The molecule has 4 rings (SSSR count). The summed E-state index contributed by atoms with van der Waals surface area (Å²) in [6, 6.07) is 11.3. The Morgan fingerprint density at radius 2 is 1.78 bits per heavy atom. The highest BCUT2D eigenvalue weighted by molar-refractivity contribution is 6.08. The molecule has 0 aliphatic carbocycles. The van der Waals surface area contributed by atoms with Crippen LogP contribution in [0.1, 0.15) is 33.3 Å². The van der Waals surface area contributed by atoms with E-state index in [-0.39, 0.29) is 11.8 Å². The molecule has 0 unspecified atom stereocenters. The highest BCUT2D eigenvalue weighted by atomic mass is 16.2. The highest BCUT2D eigenvalue weighted by Crippen LogP contribution is 2.28. The van der Waals surface area contributed by atoms with Crippen LogP contribution in [0.2, 0.25) is 0 Å². The predicted molar refractivity (Wildman–Crippen MR) is 104 cm³/mol. The van der Waals surface area contributed by atoms with Crippen molar-refractivity contribution in [1.82, 2.24) is 14.8 Å². The molecule has 0 spiro atoms. The molecule has 0 atom stereocenters. The van der Waals surface area contributed by atoms with E-state index in [0.29, 0.717) is 30.9 Å². The summed E-state index contributed by atoms with van der Waals surface area (Å²) in [5.41, 5.74) is 3.00. The number of fused-ring (bicyclic) bond motifs is 1. The van der Waals surface area contributed by atoms with Gasteiger partial charge in [-0.1, -0.05) is 25.1 Å². The zero-order chi connectivity index (χ0) is 18.8. The number of pyridine rings is 1. The molecule has 1 saturated heterocycles. The molecular weight excluding hydrogens is 340 g/mol. The fourth-order valence-electron chi connectivity index (χ4n) is 3.81. The van der Waals surface area contributed by atoms with E-state index in [0.717, 1.165) is 31.7 Å². The topological polar surface area (TPSA) is 56.8 Å². The summed E-state index contributed by atoms with van der Waals surface area (Å²) >= 11 is 0. The van der Waals surface area contributed by atoms with Crippen molar-refractivity contribution in [2.24, 2.45) is 0 Å². The predicted octanol–water partition coefficient (Wildman–Crippen LogP) is 2.06. The Kier molecular flexibility index (Phi) is 4.90. The summed E-state index contributed by atoms with van der Waals surface area (Å²) in [4.78, 5) is 36.0. The number of anilines is 1. The van der Waals surface area contributed by atoms with Crippen LogP contribution in [-0.2, 0) is 6.42 Å². The summed E-state index contributed by atoms with van der Waals surface area (Å²) in [7, 11) is 0. The largest absolute Gasteiger partial charge is 0.335 e. The monoisotopic (exact) mass is 364 g/mol. The molecule has 3 heterocycles. The number of amides is 2. The van der Waals surface area contributed by atoms with E-state index in [1.54, 1.807) is 23.2 Å². The standard InChI is InChI=1S/C21H24N4O2/c1-2-23-11-13-24(14-12-23)21(27)18-15-17(7-9-22-18)20(26)25-10-8-16-5-3-4-6-19(16)25/h3-7,9,15H,2,8,10-14H2,1H3. The van der Waals surface area contributed by atoms with E-state index in [4.69, 9.17) is 0 Å². The number of carbonyl (C=O) groups excluding carboxylic acids is 2. The maximum Gasteiger partial charge on any atom is 0.272 e. The normalized spacial score (nSPS) is 17.1. The van der Waals surface area contributed by atoms with Crippen LogP contribution in [0.15, 0.2) is 42.6 Å². The minimum Gasteiger partial charge on any atom is -0.335 e. The quantitative estimate of drug-likeness (QED) is 0.837. The fraction of sp³-hybridized carbons (Fsp3) is 0.381. The number of rotatable bonds is 3. The summed E-state index contributed by atoms with van der Waals surface area (Å²) < 4.78 is 0. The van der Waals surface area contributed by atoms with Crippen LogP contribution in [0.25, 0.3) is 0 Å². The van der Waals surface area contributed by atoms with E-state index in [1.165, 1.54) is 5.56 Å². The first-order valence-electron chi connectivity index (χ1n) is 9.55. The third-order valence-electron chi connectivity index (χ3n) is 5.47. The summed E-state index contributed by atoms with van der Waals surface area (Å²) in [6.45, 7) is 6.96. The second-order valence-corrected chi connectivity index (χ2v) is 6.99. The molecule has 2 amide bonds. The molecule has 2 aliphatic heterocycles. The molecule has 140 valence electrons. The smallest absolute Gasteiger partial charge is 0.272 e. The summed E-state index contributed by atoms with van der Waals surface area (Å²) in [6.07, 6.45) is 2.42. The van der Waals surface area contributed by atoms with Crippen LogP contribution in [0.4, 0.5) is 5.69 Å². The van der Waals surface area contributed by atoms with E-state index in [2.05, 4.69) is 22.9 Å². The Balaban J connectivity index is 1.51. The third kappa shape index (κ3) is 3.45. The van der Waals surface area contributed by atoms with Gasteiger partial charge in [-0.2, -0.15) is 0 Å². The molecule has 27 heavy (non-hydrogen) atoms. The molecule has 1 aromatic carbocycles. The van der Waals surface area contributed by atoms with Crippen molar-refractivity contribution in [3.05, 3.63) is 59.4 Å². The van der Waals surface area contributed by atoms with E-state index < -0.39 is 0 Å². The lowest BCUT2D eigenvalue weighted by Crippen LogP contribution is -2.48. The van der Waals surface area contributed by atoms with Gasteiger partial charge in [-0.25, -0.2) is 0 Å². The van der Waals surface area contributed by atoms with Gasteiger partial charge < -0.3 is 14.7 Å². The van der Waals surface area contributed by atoms with Crippen molar-refractivity contribution in [2.75, 3.05) is 44.2 Å². The molecule has 0 N–H and O–H groups in total. The first-order chi connectivity index (χ1) is 13.2. The maximum absolute atomic E-state index is 13.0. The van der Waals surface area contributed by atoms with Gasteiger partial charge in [-0.15, -0.1) is 0 Å². The van der Waals surface area contributed by atoms with Crippen molar-refractivity contribution in [3.63, 3.8) is 0 Å². The van der Waals surface area contributed by atoms with Crippen LogP contribution in [0.3, 0.4) is 0 Å². The van der Waals surface area contributed by atoms with Gasteiger partial charge in [0.1, 0.15) is 5.69 Å². The molecule has 0 bridgehead atoms. The Hall–Kier alpha value is -2.73. The first kappa shape index (κ1) is 17.7. The van der Waals surface area contributed by atoms with Crippen LogP contribution in [-0.4, -0.2) is 65.9 Å². The summed E-state index contributed by atoms with van der Waals surface area (Å²) in [5, 5.41) is 0. The minimum absolute atomic E-state index is 0.0767. The van der Waals surface area contributed by atoms with E-state index >= 15 is 0 Å². The van der Waals surface area contributed by atoms with Crippen LogP contribution in [0, 0.1) is 0 Å².